The Morgan fingerprint density at radius 1 is 1.44 bits per heavy atom. The lowest BCUT2D eigenvalue weighted by Crippen LogP contribution is -2.25. The fourth-order valence-corrected chi connectivity index (χ4v) is 2.90. The molecule has 0 saturated carbocycles. The van der Waals surface area contributed by atoms with Gasteiger partial charge in [-0.25, -0.2) is 14.3 Å². The van der Waals surface area contributed by atoms with Crippen molar-refractivity contribution in [1.82, 2.24) is 19.5 Å². The van der Waals surface area contributed by atoms with Gasteiger partial charge in [0.15, 0.2) is 17.8 Å². The van der Waals surface area contributed by atoms with E-state index in [2.05, 4.69) is 19.5 Å². The number of imidazole rings is 1. The van der Waals surface area contributed by atoms with E-state index in [0.29, 0.717) is 0 Å². The first-order chi connectivity index (χ1) is 12.6. The van der Waals surface area contributed by atoms with Crippen molar-refractivity contribution < 1.29 is 43.4 Å². The number of hydrogen-bond acceptors (Lipinski definition) is 10. The highest BCUT2D eigenvalue weighted by molar-refractivity contribution is 7.46. The number of carbonyl (C=O) groups is 1. The van der Waals surface area contributed by atoms with Crippen LogP contribution in [0.25, 0.3) is 11.2 Å². The molecular weight excluding hydrogens is 389 g/mol. The third kappa shape index (κ3) is 4.50. The van der Waals surface area contributed by atoms with E-state index in [0.717, 1.165) is 0 Å². The highest BCUT2D eigenvalue weighted by Crippen LogP contribution is 2.38. The number of phosphoric acid groups is 1. The van der Waals surface area contributed by atoms with Crippen molar-refractivity contribution in [3.8, 4) is 5.88 Å². The van der Waals surface area contributed by atoms with Crippen LogP contribution < -0.4 is 10.5 Å². The third-order valence-corrected chi connectivity index (χ3v) is 4.15. The first-order valence-electron chi connectivity index (χ1n) is 7.52. The quantitative estimate of drug-likeness (QED) is 0.337. The van der Waals surface area contributed by atoms with Crippen molar-refractivity contribution in [2.75, 3.05) is 18.9 Å². The average molecular weight is 405 g/mol. The van der Waals surface area contributed by atoms with Crippen molar-refractivity contribution in [2.24, 2.45) is 0 Å². The smallest absolute Gasteiger partial charge is 0.469 e. The molecule has 1 aliphatic rings. The van der Waals surface area contributed by atoms with Crippen molar-refractivity contribution in [2.45, 2.75) is 24.9 Å². The molecule has 14 nitrogen and oxygen atoms in total. The van der Waals surface area contributed by atoms with Crippen molar-refractivity contribution >= 4 is 30.9 Å². The Kier molecular flexibility index (Phi) is 5.28. The van der Waals surface area contributed by atoms with Gasteiger partial charge in [0.2, 0.25) is 11.8 Å². The van der Waals surface area contributed by atoms with E-state index in [-0.39, 0.29) is 29.4 Å². The summed E-state index contributed by atoms with van der Waals surface area (Å²) in [6.45, 7) is -1.17. The van der Waals surface area contributed by atoms with E-state index < -0.39 is 45.4 Å². The third-order valence-electron chi connectivity index (χ3n) is 3.66. The predicted molar refractivity (Wildman–Crippen MR) is 85.4 cm³/mol. The molecule has 0 bridgehead atoms. The second-order valence-electron chi connectivity index (χ2n) is 5.61. The van der Waals surface area contributed by atoms with E-state index in [1.165, 1.54) is 10.9 Å². The highest BCUT2D eigenvalue weighted by atomic mass is 31.2. The number of carboxylic acids is 1. The van der Waals surface area contributed by atoms with Crippen molar-refractivity contribution in [3.63, 3.8) is 0 Å². The van der Waals surface area contributed by atoms with Gasteiger partial charge >= 0.3 is 13.8 Å². The van der Waals surface area contributed by atoms with Gasteiger partial charge in [-0.1, -0.05) is 0 Å². The molecule has 3 atom stereocenters. The molecule has 3 heterocycles. The average Bonchev–Trinajstić information content (AvgIpc) is 3.13. The number of fused-ring (bicyclic) bond motifs is 1. The summed E-state index contributed by atoms with van der Waals surface area (Å²) >= 11 is 0. The molecule has 15 heteroatoms. The summed E-state index contributed by atoms with van der Waals surface area (Å²) in [6.07, 6.45) is -1.44. The van der Waals surface area contributed by atoms with E-state index in [9.17, 15) is 14.5 Å². The summed E-state index contributed by atoms with van der Waals surface area (Å²) in [7, 11) is -4.70. The molecule has 2 aromatic rings. The highest BCUT2D eigenvalue weighted by Gasteiger charge is 2.37. The maximum atomic E-state index is 10.8. The topological polar surface area (TPSA) is 212 Å². The fraction of sp³-hybridized carbons (Fsp3) is 0.500. The monoisotopic (exact) mass is 405 g/mol. The second kappa shape index (κ2) is 7.34. The molecule has 1 aliphatic heterocycles. The molecule has 1 fully saturated rings. The Hall–Kier alpha value is -2.35. The van der Waals surface area contributed by atoms with Gasteiger partial charge in [0.05, 0.1) is 19.0 Å². The first kappa shape index (κ1) is 19.4. The minimum atomic E-state index is -4.70. The van der Waals surface area contributed by atoms with Crippen LogP contribution in [0.15, 0.2) is 6.33 Å². The molecule has 27 heavy (non-hydrogen) atoms. The SMILES string of the molecule is Nc1nc(OCC(=O)O)c2ncn([C@H]3C[C@H](O)[C@@H](COP(=O)(O)O)O3)c2n1. The van der Waals surface area contributed by atoms with Gasteiger partial charge in [-0.05, 0) is 0 Å². The Labute approximate surface area is 150 Å². The lowest BCUT2D eigenvalue weighted by atomic mass is 10.2. The molecular formula is C12H16N5O9P. The number of aliphatic carboxylic acids is 1. The normalized spacial score (nSPS) is 23.0. The number of phosphoric ester groups is 1. The van der Waals surface area contributed by atoms with Gasteiger partial charge < -0.3 is 35.2 Å². The van der Waals surface area contributed by atoms with Crippen LogP contribution in [-0.2, 0) is 18.6 Å². The zero-order valence-corrected chi connectivity index (χ0v) is 14.5. The standard InChI is InChI=1S/C12H16N5O9P/c13-12-15-10-9(11(16-12)24-3-8(19)20)14-4-17(10)7-1-5(18)6(26-7)2-25-27(21,22)23/h4-7,18H,1-3H2,(H,19,20)(H2,13,15,16)(H2,21,22,23)/t5-,6+,7+/m0/s1. The lowest BCUT2D eigenvalue weighted by Gasteiger charge is -2.16. The number of nitrogens with two attached hydrogens (primary N) is 1. The maximum absolute atomic E-state index is 10.8. The van der Waals surface area contributed by atoms with Crippen molar-refractivity contribution in [3.05, 3.63) is 6.33 Å². The van der Waals surface area contributed by atoms with Crippen LogP contribution in [0.4, 0.5) is 5.95 Å². The number of nitrogens with zero attached hydrogens (tertiary/aromatic N) is 4. The second-order valence-corrected chi connectivity index (χ2v) is 6.85. The molecule has 0 aromatic carbocycles. The Bertz CT molecular complexity index is 899. The zero-order valence-electron chi connectivity index (χ0n) is 13.6. The van der Waals surface area contributed by atoms with Crippen LogP contribution in [0.3, 0.4) is 0 Å². The van der Waals surface area contributed by atoms with Crippen LogP contribution in [0.1, 0.15) is 12.6 Å². The summed E-state index contributed by atoms with van der Waals surface area (Å²) < 4.78 is 27.2. The van der Waals surface area contributed by atoms with Gasteiger partial charge in [-0.2, -0.15) is 9.97 Å². The molecule has 0 spiro atoms. The molecule has 148 valence electrons. The van der Waals surface area contributed by atoms with Gasteiger partial charge in [-0.15, -0.1) is 0 Å². The van der Waals surface area contributed by atoms with E-state index >= 15 is 0 Å². The predicted octanol–water partition coefficient (Wildman–Crippen LogP) is -1.37. The molecule has 6 N–H and O–H groups in total. The molecule has 1 saturated heterocycles. The van der Waals surface area contributed by atoms with E-state index in [4.69, 9.17) is 30.1 Å². The van der Waals surface area contributed by atoms with Crippen LogP contribution in [0.5, 0.6) is 5.88 Å². The largest absolute Gasteiger partial charge is 0.479 e. The number of nitrogen functional groups attached to an aromatic ring is 1. The number of rotatable bonds is 7. The number of carboxylic acid groups (broad SMARTS) is 1. The molecule has 2 aromatic heterocycles. The zero-order chi connectivity index (χ0) is 19.8. The minimum absolute atomic E-state index is 0.0653. The van der Waals surface area contributed by atoms with Crippen LogP contribution >= 0.6 is 7.82 Å². The summed E-state index contributed by atoms with van der Waals surface area (Å²) in [5.74, 6) is -1.53. The van der Waals surface area contributed by atoms with E-state index in [1.54, 1.807) is 0 Å². The summed E-state index contributed by atoms with van der Waals surface area (Å²) in [5, 5.41) is 18.8. The van der Waals surface area contributed by atoms with Crippen LogP contribution in [0, 0.1) is 0 Å². The lowest BCUT2D eigenvalue weighted by molar-refractivity contribution is -0.139. The number of aromatic nitrogens is 4. The molecule has 0 radical (unpaired) electrons. The fourth-order valence-electron chi connectivity index (χ4n) is 2.55. The molecule has 3 rings (SSSR count). The van der Waals surface area contributed by atoms with Gasteiger partial charge in [0.25, 0.3) is 0 Å². The van der Waals surface area contributed by atoms with Gasteiger partial charge in [0.1, 0.15) is 12.3 Å². The minimum Gasteiger partial charge on any atom is -0.479 e. The molecule has 0 aliphatic carbocycles. The number of aliphatic hydroxyl groups excluding tert-OH is 1. The maximum Gasteiger partial charge on any atom is 0.469 e. The number of hydrogen-bond donors (Lipinski definition) is 5. The van der Waals surface area contributed by atoms with Crippen LogP contribution in [0.2, 0.25) is 0 Å². The Morgan fingerprint density at radius 3 is 2.85 bits per heavy atom. The molecule has 0 amide bonds. The van der Waals surface area contributed by atoms with Crippen molar-refractivity contribution in [1.29, 1.82) is 0 Å². The Balaban J connectivity index is 1.83. The summed E-state index contributed by atoms with van der Waals surface area (Å²) in [4.78, 5) is 40.1. The van der Waals surface area contributed by atoms with Gasteiger partial charge in [-0.3, -0.25) is 9.09 Å². The Morgan fingerprint density at radius 2 is 2.19 bits per heavy atom. The number of aliphatic hydroxyl groups is 1. The number of anilines is 1. The first-order valence-corrected chi connectivity index (χ1v) is 9.05. The molecule has 0 unspecified atom stereocenters. The van der Waals surface area contributed by atoms with Gasteiger partial charge in [0, 0.05) is 6.42 Å². The summed E-state index contributed by atoms with van der Waals surface area (Å²) in [5.41, 5.74) is 5.94. The number of ether oxygens (including phenoxy) is 2. The van der Waals surface area contributed by atoms with Crippen LogP contribution in [-0.4, -0.2) is 70.9 Å². The summed E-state index contributed by atoms with van der Waals surface area (Å²) in [6, 6.07) is 0. The van der Waals surface area contributed by atoms with E-state index in [1.807, 2.05) is 0 Å².